The third-order valence-corrected chi connectivity index (χ3v) is 5.72. The summed E-state index contributed by atoms with van der Waals surface area (Å²) in [4.78, 5) is 8.91. The van der Waals surface area contributed by atoms with Crippen LogP contribution in [0.1, 0.15) is 37.8 Å². The number of hydrogen-bond donors (Lipinski definition) is 1. The number of rotatable bonds is 1. The molecule has 1 unspecified atom stereocenters. The highest BCUT2D eigenvalue weighted by atomic mass is 32.1. The zero-order valence-electron chi connectivity index (χ0n) is 12.3. The van der Waals surface area contributed by atoms with Crippen LogP contribution in [0.3, 0.4) is 0 Å². The number of fused-ring (bicyclic) bond motifs is 1. The van der Waals surface area contributed by atoms with E-state index in [1.807, 2.05) is 11.3 Å². The lowest BCUT2D eigenvalue weighted by Crippen LogP contribution is -2.43. The Morgan fingerprint density at radius 2 is 2.00 bits per heavy atom. The molecular formula is C15H25N3S. The standard InChI is InChI=1S/C15H25N3S/c1-15(2,3)11-4-5-12-13(10-11)19-14(17-12)18-8-6-16-7-9-18/h11,16H,4-10H2,1-3H3. The van der Waals surface area contributed by atoms with Crippen molar-refractivity contribution in [1.29, 1.82) is 0 Å². The van der Waals surface area contributed by atoms with Gasteiger partial charge in [0, 0.05) is 31.1 Å². The minimum Gasteiger partial charge on any atom is -0.346 e. The molecule has 19 heavy (non-hydrogen) atoms. The molecule has 3 rings (SSSR count). The van der Waals surface area contributed by atoms with E-state index in [9.17, 15) is 0 Å². The van der Waals surface area contributed by atoms with Crippen molar-refractivity contribution in [2.24, 2.45) is 11.3 Å². The molecule has 106 valence electrons. The maximum Gasteiger partial charge on any atom is 0.185 e. The Bertz CT molecular complexity index is 441. The quantitative estimate of drug-likeness (QED) is 0.857. The SMILES string of the molecule is CC(C)(C)C1CCc2nc(N3CCNCC3)sc2C1. The van der Waals surface area contributed by atoms with Gasteiger partial charge in [-0.1, -0.05) is 20.8 Å². The van der Waals surface area contributed by atoms with Gasteiger partial charge in [0.15, 0.2) is 5.13 Å². The van der Waals surface area contributed by atoms with Crippen LogP contribution < -0.4 is 10.2 Å². The third kappa shape index (κ3) is 2.79. The summed E-state index contributed by atoms with van der Waals surface area (Å²) in [5.41, 5.74) is 1.82. The number of anilines is 1. The normalized spacial score (nSPS) is 24.4. The Morgan fingerprint density at radius 1 is 1.26 bits per heavy atom. The van der Waals surface area contributed by atoms with Crippen molar-refractivity contribution in [3.63, 3.8) is 0 Å². The van der Waals surface area contributed by atoms with Gasteiger partial charge < -0.3 is 10.2 Å². The number of thiazole rings is 1. The maximum absolute atomic E-state index is 4.91. The van der Waals surface area contributed by atoms with Crippen molar-refractivity contribution >= 4 is 16.5 Å². The second-order valence-corrected chi connectivity index (χ2v) is 7.97. The van der Waals surface area contributed by atoms with Gasteiger partial charge in [-0.25, -0.2) is 4.98 Å². The average molecular weight is 279 g/mol. The smallest absolute Gasteiger partial charge is 0.185 e. The Labute approximate surface area is 120 Å². The Kier molecular flexibility index (Phi) is 3.56. The second-order valence-electron chi connectivity index (χ2n) is 6.91. The van der Waals surface area contributed by atoms with Crippen LogP contribution in [0.2, 0.25) is 0 Å². The first kappa shape index (κ1) is 13.4. The zero-order valence-corrected chi connectivity index (χ0v) is 13.1. The molecule has 0 saturated carbocycles. The third-order valence-electron chi connectivity index (χ3n) is 4.54. The van der Waals surface area contributed by atoms with Gasteiger partial charge in [-0.15, -0.1) is 11.3 Å². The fraction of sp³-hybridized carbons (Fsp3) is 0.800. The summed E-state index contributed by atoms with van der Waals surface area (Å²) in [6.07, 6.45) is 3.73. The van der Waals surface area contributed by atoms with Gasteiger partial charge in [0.25, 0.3) is 0 Å². The zero-order chi connectivity index (χ0) is 13.5. The number of hydrogen-bond acceptors (Lipinski definition) is 4. The number of piperazine rings is 1. The highest BCUT2D eigenvalue weighted by Gasteiger charge is 2.31. The summed E-state index contributed by atoms with van der Waals surface area (Å²) < 4.78 is 0. The Morgan fingerprint density at radius 3 is 2.68 bits per heavy atom. The van der Waals surface area contributed by atoms with Crippen molar-refractivity contribution in [3.8, 4) is 0 Å². The highest BCUT2D eigenvalue weighted by Crippen LogP contribution is 2.40. The molecule has 1 N–H and O–H groups in total. The molecule has 1 fully saturated rings. The maximum atomic E-state index is 4.91. The fourth-order valence-electron chi connectivity index (χ4n) is 3.09. The molecule has 2 aliphatic rings. The van der Waals surface area contributed by atoms with Crippen LogP contribution in [0.4, 0.5) is 5.13 Å². The molecule has 1 aliphatic heterocycles. The van der Waals surface area contributed by atoms with Gasteiger partial charge in [-0.05, 0) is 30.6 Å². The summed E-state index contributed by atoms with van der Waals surface area (Å²) in [6, 6.07) is 0. The average Bonchev–Trinajstić information content (AvgIpc) is 2.81. The predicted molar refractivity (Wildman–Crippen MR) is 82.2 cm³/mol. The van der Waals surface area contributed by atoms with Gasteiger partial charge in [0.1, 0.15) is 0 Å². The Hall–Kier alpha value is -0.610. The fourth-order valence-corrected chi connectivity index (χ4v) is 4.33. The van der Waals surface area contributed by atoms with Crippen molar-refractivity contribution < 1.29 is 0 Å². The molecule has 4 heteroatoms. The van der Waals surface area contributed by atoms with E-state index in [4.69, 9.17) is 4.98 Å². The summed E-state index contributed by atoms with van der Waals surface area (Å²) >= 11 is 1.95. The van der Waals surface area contributed by atoms with E-state index in [-0.39, 0.29) is 0 Å². The van der Waals surface area contributed by atoms with Crippen LogP contribution in [0.5, 0.6) is 0 Å². The van der Waals surface area contributed by atoms with E-state index in [2.05, 4.69) is 31.0 Å². The van der Waals surface area contributed by atoms with Crippen molar-refractivity contribution in [1.82, 2.24) is 10.3 Å². The van der Waals surface area contributed by atoms with Gasteiger partial charge in [0.2, 0.25) is 0 Å². The van der Waals surface area contributed by atoms with Crippen molar-refractivity contribution in [2.45, 2.75) is 40.0 Å². The summed E-state index contributed by atoms with van der Waals surface area (Å²) in [6.45, 7) is 11.5. The van der Waals surface area contributed by atoms with Crippen LogP contribution >= 0.6 is 11.3 Å². The summed E-state index contributed by atoms with van der Waals surface area (Å²) in [7, 11) is 0. The van der Waals surface area contributed by atoms with E-state index < -0.39 is 0 Å². The molecule has 2 heterocycles. The molecule has 0 amide bonds. The number of nitrogens with one attached hydrogen (secondary N) is 1. The van der Waals surface area contributed by atoms with E-state index in [1.54, 1.807) is 4.88 Å². The van der Waals surface area contributed by atoms with Gasteiger partial charge in [0.05, 0.1) is 5.69 Å². The van der Waals surface area contributed by atoms with E-state index in [0.29, 0.717) is 5.41 Å². The number of aromatic nitrogens is 1. The van der Waals surface area contributed by atoms with Gasteiger partial charge in [-0.2, -0.15) is 0 Å². The van der Waals surface area contributed by atoms with Crippen LogP contribution in [0.15, 0.2) is 0 Å². The van der Waals surface area contributed by atoms with Crippen molar-refractivity contribution in [2.75, 3.05) is 31.1 Å². The second kappa shape index (κ2) is 5.06. The van der Waals surface area contributed by atoms with Crippen LogP contribution in [0.25, 0.3) is 0 Å². The predicted octanol–water partition coefficient (Wildman–Crippen LogP) is 2.70. The van der Waals surface area contributed by atoms with E-state index in [0.717, 1.165) is 32.1 Å². The monoisotopic (exact) mass is 279 g/mol. The molecule has 3 nitrogen and oxygen atoms in total. The van der Waals surface area contributed by atoms with E-state index >= 15 is 0 Å². The van der Waals surface area contributed by atoms with E-state index in [1.165, 1.54) is 30.1 Å². The molecule has 1 aliphatic carbocycles. The number of aryl methyl sites for hydroxylation is 1. The first-order chi connectivity index (χ1) is 9.04. The molecule has 1 saturated heterocycles. The molecular weight excluding hydrogens is 254 g/mol. The van der Waals surface area contributed by atoms with Gasteiger partial charge >= 0.3 is 0 Å². The highest BCUT2D eigenvalue weighted by molar-refractivity contribution is 7.15. The summed E-state index contributed by atoms with van der Waals surface area (Å²) in [5, 5.41) is 4.67. The molecule has 0 bridgehead atoms. The lowest BCUT2D eigenvalue weighted by Gasteiger charge is -2.33. The lowest BCUT2D eigenvalue weighted by molar-refractivity contribution is 0.217. The lowest BCUT2D eigenvalue weighted by atomic mass is 9.73. The van der Waals surface area contributed by atoms with Crippen LogP contribution in [0, 0.1) is 11.3 Å². The molecule has 1 aromatic heterocycles. The topological polar surface area (TPSA) is 28.2 Å². The van der Waals surface area contributed by atoms with Crippen LogP contribution in [-0.4, -0.2) is 31.2 Å². The van der Waals surface area contributed by atoms with Gasteiger partial charge in [-0.3, -0.25) is 0 Å². The Balaban J connectivity index is 1.77. The minimum atomic E-state index is 0.427. The van der Waals surface area contributed by atoms with Crippen LogP contribution in [-0.2, 0) is 12.8 Å². The molecule has 0 spiro atoms. The molecule has 0 aromatic carbocycles. The number of nitrogens with zero attached hydrogens (tertiary/aromatic N) is 2. The first-order valence-corrected chi connectivity index (χ1v) is 8.30. The summed E-state index contributed by atoms with van der Waals surface area (Å²) in [5.74, 6) is 0.816. The van der Waals surface area contributed by atoms with Crippen molar-refractivity contribution in [3.05, 3.63) is 10.6 Å². The molecule has 0 radical (unpaired) electrons. The largest absolute Gasteiger partial charge is 0.346 e. The molecule has 1 aromatic rings. The first-order valence-electron chi connectivity index (χ1n) is 7.48. The minimum absolute atomic E-state index is 0.427. The molecule has 1 atom stereocenters.